The van der Waals surface area contributed by atoms with Crippen molar-refractivity contribution in [3.8, 4) is 11.5 Å². The summed E-state index contributed by atoms with van der Waals surface area (Å²) in [4.78, 5) is 34.8. The molecule has 0 aliphatic carbocycles. The summed E-state index contributed by atoms with van der Waals surface area (Å²) in [6.07, 6.45) is 1.37. The van der Waals surface area contributed by atoms with Crippen molar-refractivity contribution in [1.29, 1.82) is 0 Å². The summed E-state index contributed by atoms with van der Waals surface area (Å²) < 4.78 is 10.8. The van der Waals surface area contributed by atoms with E-state index in [0.29, 0.717) is 30.2 Å². The van der Waals surface area contributed by atoms with Gasteiger partial charge in [-0.25, -0.2) is 5.43 Å². The molecule has 0 saturated heterocycles. The van der Waals surface area contributed by atoms with Crippen molar-refractivity contribution in [3.63, 3.8) is 0 Å². The number of benzene rings is 2. The van der Waals surface area contributed by atoms with Crippen molar-refractivity contribution in [2.24, 2.45) is 5.10 Å². The smallest absolute Gasteiger partial charge is 0.329 e. The minimum Gasteiger partial charge on any atom is -0.494 e. The van der Waals surface area contributed by atoms with Gasteiger partial charge in [-0.15, -0.1) is 0 Å². The summed E-state index contributed by atoms with van der Waals surface area (Å²) in [7, 11) is 0. The van der Waals surface area contributed by atoms with Crippen LogP contribution in [0.5, 0.6) is 11.5 Å². The number of hydrogen-bond acceptors (Lipinski definition) is 6. The number of anilines is 1. The Labute approximate surface area is 174 Å². The fourth-order valence-electron chi connectivity index (χ4n) is 2.29. The molecule has 0 radical (unpaired) electrons. The van der Waals surface area contributed by atoms with Crippen LogP contribution >= 0.6 is 0 Å². The molecule has 2 aromatic carbocycles. The largest absolute Gasteiger partial charge is 0.494 e. The third-order valence-corrected chi connectivity index (χ3v) is 3.60. The fourth-order valence-corrected chi connectivity index (χ4v) is 2.29. The SMILES string of the molecule is CCNC(=O)C(=O)N/N=C\c1cccc(OCC(=O)Nc2ccc(OCC)cc2)c1. The zero-order valence-corrected chi connectivity index (χ0v) is 16.8. The zero-order chi connectivity index (χ0) is 21.8. The maximum absolute atomic E-state index is 12.1. The van der Waals surface area contributed by atoms with Crippen molar-refractivity contribution < 1.29 is 23.9 Å². The lowest BCUT2D eigenvalue weighted by molar-refractivity contribution is -0.139. The van der Waals surface area contributed by atoms with Crippen molar-refractivity contribution in [1.82, 2.24) is 10.7 Å². The van der Waals surface area contributed by atoms with Gasteiger partial charge < -0.3 is 20.1 Å². The van der Waals surface area contributed by atoms with Gasteiger partial charge >= 0.3 is 11.8 Å². The molecule has 2 aromatic rings. The molecule has 0 saturated carbocycles. The molecule has 158 valence electrons. The van der Waals surface area contributed by atoms with Gasteiger partial charge in [-0.1, -0.05) is 12.1 Å². The Kier molecular flexibility index (Phi) is 8.85. The second-order valence-corrected chi connectivity index (χ2v) is 5.93. The van der Waals surface area contributed by atoms with Crippen molar-refractivity contribution in [2.75, 3.05) is 25.1 Å². The molecule has 3 N–H and O–H groups in total. The van der Waals surface area contributed by atoms with Gasteiger partial charge in [0.2, 0.25) is 0 Å². The van der Waals surface area contributed by atoms with Crippen LogP contribution in [0.25, 0.3) is 0 Å². The van der Waals surface area contributed by atoms with Gasteiger partial charge in [0, 0.05) is 12.2 Å². The van der Waals surface area contributed by atoms with Crippen LogP contribution in [0.1, 0.15) is 19.4 Å². The molecule has 0 atom stereocenters. The first-order valence-corrected chi connectivity index (χ1v) is 9.38. The van der Waals surface area contributed by atoms with Gasteiger partial charge in [0.05, 0.1) is 12.8 Å². The van der Waals surface area contributed by atoms with Gasteiger partial charge in [0.1, 0.15) is 11.5 Å². The molecule has 0 heterocycles. The van der Waals surface area contributed by atoms with E-state index < -0.39 is 11.8 Å². The molecule has 9 heteroatoms. The van der Waals surface area contributed by atoms with E-state index in [1.807, 2.05) is 6.92 Å². The van der Waals surface area contributed by atoms with E-state index in [4.69, 9.17) is 9.47 Å². The maximum atomic E-state index is 12.1. The Bertz CT molecular complexity index is 897. The first kappa shape index (κ1) is 22.4. The fraction of sp³-hybridized carbons (Fsp3) is 0.238. The highest BCUT2D eigenvalue weighted by atomic mass is 16.5. The van der Waals surface area contributed by atoms with E-state index in [1.165, 1.54) is 6.21 Å². The number of carbonyl (C=O) groups excluding carboxylic acids is 3. The predicted molar refractivity (Wildman–Crippen MR) is 113 cm³/mol. The van der Waals surface area contributed by atoms with Gasteiger partial charge in [-0.2, -0.15) is 5.10 Å². The third kappa shape index (κ3) is 7.63. The van der Waals surface area contributed by atoms with Gasteiger partial charge in [0.25, 0.3) is 5.91 Å². The molecular weight excluding hydrogens is 388 g/mol. The monoisotopic (exact) mass is 412 g/mol. The van der Waals surface area contributed by atoms with Crippen LogP contribution in [-0.2, 0) is 14.4 Å². The summed E-state index contributed by atoms with van der Waals surface area (Å²) in [5, 5.41) is 8.83. The molecular formula is C21H24N4O5. The van der Waals surface area contributed by atoms with Crippen molar-refractivity contribution in [3.05, 3.63) is 54.1 Å². The van der Waals surface area contributed by atoms with Crippen LogP contribution in [0.4, 0.5) is 5.69 Å². The number of carbonyl (C=O) groups is 3. The number of hydrazone groups is 1. The lowest BCUT2D eigenvalue weighted by atomic mass is 10.2. The summed E-state index contributed by atoms with van der Waals surface area (Å²) >= 11 is 0. The van der Waals surface area contributed by atoms with E-state index in [2.05, 4.69) is 21.2 Å². The Hall–Kier alpha value is -3.88. The lowest BCUT2D eigenvalue weighted by Gasteiger charge is -2.09. The van der Waals surface area contributed by atoms with E-state index in [9.17, 15) is 14.4 Å². The van der Waals surface area contributed by atoms with E-state index in [-0.39, 0.29) is 12.5 Å². The molecule has 2 rings (SSSR count). The van der Waals surface area contributed by atoms with E-state index in [0.717, 1.165) is 5.75 Å². The van der Waals surface area contributed by atoms with E-state index in [1.54, 1.807) is 55.5 Å². The average molecular weight is 412 g/mol. The van der Waals surface area contributed by atoms with Crippen LogP contribution in [0.15, 0.2) is 53.6 Å². The van der Waals surface area contributed by atoms with Crippen LogP contribution in [0.2, 0.25) is 0 Å². The number of nitrogens with zero attached hydrogens (tertiary/aromatic N) is 1. The minimum absolute atomic E-state index is 0.179. The molecule has 0 aliphatic heterocycles. The predicted octanol–water partition coefficient (Wildman–Crippen LogP) is 1.69. The van der Waals surface area contributed by atoms with Crippen molar-refractivity contribution in [2.45, 2.75) is 13.8 Å². The van der Waals surface area contributed by atoms with Gasteiger partial charge in [-0.3, -0.25) is 14.4 Å². The van der Waals surface area contributed by atoms with E-state index >= 15 is 0 Å². The number of rotatable bonds is 9. The van der Waals surface area contributed by atoms with Crippen LogP contribution in [0.3, 0.4) is 0 Å². The Morgan fingerprint density at radius 3 is 2.43 bits per heavy atom. The first-order valence-electron chi connectivity index (χ1n) is 9.38. The Morgan fingerprint density at radius 2 is 1.73 bits per heavy atom. The summed E-state index contributed by atoms with van der Waals surface area (Å²) in [5.41, 5.74) is 3.39. The number of amides is 3. The minimum atomic E-state index is -0.855. The Morgan fingerprint density at radius 1 is 0.967 bits per heavy atom. The molecule has 0 fully saturated rings. The molecule has 0 aliphatic rings. The van der Waals surface area contributed by atoms with Crippen molar-refractivity contribution >= 4 is 29.6 Å². The number of ether oxygens (including phenoxy) is 2. The second-order valence-electron chi connectivity index (χ2n) is 5.93. The van der Waals surface area contributed by atoms with Crippen LogP contribution < -0.4 is 25.5 Å². The number of likely N-dealkylation sites (N-methyl/N-ethyl adjacent to an activating group) is 1. The molecule has 0 aromatic heterocycles. The maximum Gasteiger partial charge on any atom is 0.329 e. The summed E-state index contributed by atoms with van der Waals surface area (Å²) in [5.74, 6) is -0.743. The standard InChI is InChI=1S/C21H24N4O5/c1-3-22-20(27)21(28)25-23-13-15-6-5-7-18(12-15)30-14-19(26)24-16-8-10-17(11-9-16)29-4-2/h5-13H,3-4,14H2,1-2H3,(H,22,27)(H,24,26)(H,25,28)/b23-13-. The molecule has 0 unspecified atom stereocenters. The molecule has 3 amide bonds. The van der Waals surface area contributed by atoms with Crippen LogP contribution in [-0.4, -0.2) is 43.7 Å². The topological polar surface area (TPSA) is 118 Å². The quantitative estimate of drug-likeness (QED) is 0.329. The highest BCUT2D eigenvalue weighted by Gasteiger charge is 2.10. The third-order valence-electron chi connectivity index (χ3n) is 3.60. The number of hydrogen-bond donors (Lipinski definition) is 3. The Balaban J connectivity index is 1.83. The normalized spacial score (nSPS) is 10.3. The molecule has 0 bridgehead atoms. The lowest BCUT2D eigenvalue weighted by Crippen LogP contribution is -2.37. The highest BCUT2D eigenvalue weighted by molar-refractivity contribution is 6.35. The molecule has 0 spiro atoms. The van der Waals surface area contributed by atoms with Gasteiger partial charge in [0.15, 0.2) is 6.61 Å². The number of nitrogens with one attached hydrogen (secondary N) is 3. The zero-order valence-electron chi connectivity index (χ0n) is 16.8. The average Bonchev–Trinajstić information content (AvgIpc) is 2.74. The molecule has 9 nitrogen and oxygen atoms in total. The molecule has 30 heavy (non-hydrogen) atoms. The van der Waals surface area contributed by atoms with Gasteiger partial charge in [-0.05, 0) is 55.8 Å². The summed E-state index contributed by atoms with van der Waals surface area (Å²) in [6.45, 7) is 4.35. The van der Waals surface area contributed by atoms with Crippen LogP contribution in [0, 0.1) is 0 Å². The highest BCUT2D eigenvalue weighted by Crippen LogP contribution is 2.16. The first-order chi connectivity index (χ1) is 14.5. The summed E-state index contributed by atoms with van der Waals surface area (Å²) in [6, 6.07) is 13.8. The second kappa shape index (κ2) is 11.8.